The highest BCUT2D eigenvalue weighted by molar-refractivity contribution is 5.75. The number of nitrogen functional groups attached to an aromatic ring is 1. The minimum absolute atomic E-state index is 0.155. The van der Waals surface area contributed by atoms with Gasteiger partial charge in [-0.3, -0.25) is 21.0 Å². The molecule has 0 spiro atoms. The first-order chi connectivity index (χ1) is 7.27. The molecule has 0 aliphatic carbocycles. The summed E-state index contributed by atoms with van der Waals surface area (Å²) in [7, 11) is 1.15. The Hall–Kier alpha value is -1.67. The molecular formula is C8H10F3N3O2. The minimum atomic E-state index is -4.66. The van der Waals surface area contributed by atoms with E-state index in [9.17, 15) is 13.2 Å². The van der Waals surface area contributed by atoms with Crippen LogP contribution in [0, 0.1) is 0 Å². The molecule has 0 aliphatic heterocycles. The van der Waals surface area contributed by atoms with Gasteiger partial charge in [-0.05, 0) is 12.1 Å². The van der Waals surface area contributed by atoms with Crippen molar-refractivity contribution in [1.82, 2.24) is 0 Å². The zero-order chi connectivity index (χ0) is 12.5. The lowest BCUT2D eigenvalue weighted by Crippen LogP contribution is -2.15. The summed E-state index contributed by atoms with van der Waals surface area (Å²) in [4.78, 5) is 0. The summed E-state index contributed by atoms with van der Waals surface area (Å²) in [6, 6.07) is 1.75. The Morgan fingerprint density at radius 2 is 1.94 bits per heavy atom. The van der Waals surface area contributed by atoms with Crippen LogP contribution >= 0.6 is 0 Å². The number of nitrogens with one attached hydrogen (secondary N) is 1. The second kappa shape index (κ2) is 4.06. The zero-order valence-corrected chi connectivity index (χ0v) is 8.21. The molecule has 0 fully saturated rings. The van der Waals surface area contributed by atoms with Crippen LogP contribution < -0.4 is 16.3 Å². The van der Waals surface area contributed by atoms with Crippen molar-refractivity contribution in [3.05, 3.63) is 17.7 Å². The molecule has 0 aliphatic rings. The summed E-state index contributed by atoms with van der Waals surface area (Å²) >= 11 is 0. The molecule has 0 saturated heterocycles. The van der Waals surface area contributed by atoms with Crippen LogP contribution in [0.1, 0.15) is 5.56 Å². The van der Waals surface area contributed by atoms with Gasteiger partial charge in [0.05, 0.1) is 22.6 Å². The number of hydrogen-bond donors (Lipinski definition) is 4. The van der Waals surface area contributed by atoms with Gasteiger partial charge in [-0.2, -0.15) is 13.2 Å². The van der Waals surface area contributed by atoms with E-state index in [2.05, 4.69) is 0 Å². The molecule has 8 heteroatoms. The minimum Gasteiger partial charge on any atom is -0.396 e. The van der Waals surface area contributed by atoms with Crippen LogP contribution in [-0.4, -0.2) is 17.5 Å². The Morgan fingerprint density at radius 1 is 1.38 bits per heavy atom. The highest BCUT2D eigenvalue weighted by Gasteiger charge is 2.34. The number of halogens is 3. The van der Waals surface area contributed by atoms with Crippen LogP contribution in [0.25, 0.3) is 0 Å². The van der Waals surface area contributed by atoms with Gasteiger partial charge in [0.15, 0.2) is 0 Å². The molecule has 0 radical (unpaired) electrons. The first kappa shape index (κ1) is 12.4. The quantitative estimate of drug-likeness (QED) is 0.466. The van der Waals surface area contributed by atoms with E-state index in [1.807, 2.05) is 0 Å². The molecule has 0 saturated carbocycles. The van der Waals surface area contributed by atoms with Gasteiger partial charge in [0.2, 0.25) is 0 Å². The maximum absolute atomic E-state index is 12.5. The molecule has 0 amide bonds. The highest BCUT2D eigenvalue weighted by atomic mass is 19.4. The van der Waals surface area contributed by atoms with Gasteiger partial charge in [0.1, 0.15) is 0 Å². The fourth-order valence-electron chi connectivity index (χ4n) is 1.15. The molecule has 1 aromatic rings. The third-order valence-electron chi connectivity index (χ3n) is 1.96. The summed E-state index contributed by atoms with van der Waals surface area (Å²) in [5.74, 6) is 0. The fourth-order valence-corrected chi connectivity index (χ4v) is 1.15. The van der Waals surface area contributed by atoms with Gasteiger partial charge in [0, 0.05) is 7.05 Å². The van der Waals surface area contributed by atoms with Crippen molar-refractivity contribution in [2.45, 2.75) is 6.18 Å². The van der Waals surface area contributed by atoms with Gasteiger partial charge >= 0.3 is 6.18 Å². The van der Waals surface area contributed by atoms with Gasteiger partial charge in [0.25, 0.3) is 0 Å². The summed E-state index contributed by atoms with van der Waals surface area (Å²) < 4.78 is 37.6. The molecule has 1 aromatic carbocycles. The average Bonchev–Trinajstić information content (AvgIpc) is 2.15. The van der Waals surface area contributed by atoms with Crippen LogP contribution in [0.4, 0.5) is 30.2 Å². The third-order valence-corrected chi connectivity index (χ3v) is 1.96. The standard InChI is InChI=1S/C8H10F3N3O2/c1-14(16)4-2-5(8(9,10)11)7(12)6(3-4)13-15/h2-3,13,15-16H,12H2,1H3. The first-order valence-corrected chi connectivity index (χ1v) is 4.10. The molecule has 16 heavy (non-hydrogen) atoms. The van der Waals surface area contributed by atoms with E-state index < -0.39 is 17.4 Å². The Labute approximate surface area is 88.8 Å². The molecule has 0 heterocycles. The van der Waals surface area contributed by atoms with Crippen molar-refractivity contribution in [2.24, 2.45) is 0 Å². The molecule has 1 rings (SSSR count). The Bertz CT molecular complexity index is 393. The molecule has 0 aromatic heterocycles. The normalized spacial score (nSPS) is 11.4. The van der Waals surface area contributed by atoms with E-state index in [0.29, 0.717) is 11.1 Å². The second-order valence-corrected chi connectivity index (χ2v) is 3.09. The molecule has 5 nitrogen and oxygen atoms in total. The number of nitrogens with zero attached hydrogens (tertiary/aromatic N) is 1. The predicted molar refractivity (Wildman–Crippen MR) is 51.5 cm³/mol. The largest absolute Gasteiger partial charge is 0.418 e. The lowest BCUT2D eigenvalue weighted by atomic mass is 10.1. The maximum atomic E-state index is 12.5. The molecule has 5 N–H and O–H groups in total. The third kappa shape index (κ3) is 2.28. The number of benzene rings is 1. The lowest BCUT2D eigenvalue weighted by molar-refractivity contribution is -0.136. The Kier molecular flexibility index (Phi) is 3.15. The van der Waals surface area contributed by atoms with Crippen molar-refractivity contribution in [3.8, 4) is 0 Å². The van der Waals surface area contributed by atoms with Crippen LogP contribution in [0.3, 0.4) is 0 Å². The van der Waals surface area contributed by atoms with Crippen molar-refractivity contribution in [3.63, 3.8) is 0 Å². The maximum Gasteiger partial charge on any atom is 0.418 e. The van der Waals surface area contributed by atoms with Crippen LogP contribution in [0.15, 0.2) is 12.1 Å². The molecule has 0 unspecified atom stereocenters. The van der Waals surface area contributed by atoms with E-state index in [-0.39, 0.29) is 11.4 Å². The number of hydroxylamine groups is 1. The van der Waals surface area contributed by atoms with E-state index in [0.717, 1.165) is 13.1 Å². The Balaban J connectivity index is 3.42. The SMILES string of the molecule is CN(O)c1cc(NO)c(N)c(C(F)(F)F)c1. The average molecular weight is 237 g/mol. The number of anilines is 3. The number of rotatable bonds is 2. The van der Waals surface area contributed by atoms with Crippen molar-refractivity contribution < 1.29 is 23.6 Å². The van der Waals surface area contributed by atoms with E-state index >= 15 is 0 Å². The topological polar surface area (TPSA) is 81.8 Å². The van der Waals surface area contributed by atoms with Crippen molar-refractivity contribution in [1.29, 1.82) is 0 Å². The van der Waals surface area contributed by atoms with Crippen LogP contribution in [0.5, 0.6) is 0 Å². The van der Waals surface area contributed by atoms with Gasteiger partial charge < -0.3 is 5.73 Å². The first-order valence-electron chi connectivity index (χ1n) is 4.10. The molecule has 0 atom stereocenters. The van der Waals surface area contributed by atoms with Gasteiger partial charge in [-0.1, -0.05) is 0 Å². The van der Waals surface area contributed by atoms with E-state index in [1.54, 1.807) is 5.48 Å². The summed E-state index contributed by atoms with van der Waals surface area (Å²) in [6.07, 6.45) is -4.66. The van der Waals surface area contributed by atoms with E-state index in [1.165, 1.54) is 0 Å². The van der Waals surface area contributed by atoms with Crippen molar-refractivity contribution in [2.75, 3.05) is 23.3 Å². The summed E-state index contributed by atoms with van der Waals surface area (Å²) in [5, 5.41) is 18.1. The number of alkyl halides is 3. The highest BCUT2D eigenvalue weighted by Crippen LogP contribution is 2.39. The number of hydrogen-bond acceptors (Lipinski definition) is 5. The Morgan fingerprint density at radius 3 is 2.31 bits per heavy atom. The molecule has 90 valence electrons. The summed E-state index contributed by atoms with van der Waals surface area (Å²) in [6.45, 7) is 0. The van der Waals surface area contributed by atoms with Crippen molar-refractivity contribution >= 4 is 17.1 Å². The monoisotopic (exact) mass is 237 g/mol. The zero-order valence-electron chi connectivity index (χ0n) is 8.21. The second-order valence-electron chi connectivity index (χ2n) is 3.09. The molecule has 0 bridgehead atoms. The predicted octanol–water partition coefficient (Wildman–Crippen LogP) is 1.91. The fraction of sp³-hybridized carbons (Fsp3) is 0.250. The number of nitrogens with two attached hydrogens (primary N) is 1. The van der Waals surface area contributed by atoms with Crippen LogP contribution in [-0.2, 0) is 6.18 Å². The lowest BCUT2D eigenvalue weighted by Gasteiger charge is -2.18. The van der Waals surface area contributed by atoms with Gasteiger partial charge in [-0.25, -0.2) is 0 Å². The van der Waals surface area contributed by atoms with Crippen LogP contribution in [0.2, 0.25) is 0 Å². The molecular weight excluding hydrogens is 227 g/mol. The smallest absolute Gasteiger partial charge is 0.396 e. The summed E-state index contributed by atoms with van der Waals surface area (Å²) in [5.41, 5.74) is 4.49. The van der Waals surface area contributed by atoms with E-state index in [4.69, 9.17) is 16.1 Å². The van der Waals surface area contributed by atoms with Gasteiger partial charge in [-0.15, -0.1) is 0 Å².